The summed E-state index contributed by atoms with van der Waals surface area (Å²) in [5.74, 6) is -0.833. The van der Waals surface area contributed by atoms with E-state index in [1.807, 2.05) is 25.2 Å². The first-order valence-electron chi connectivity index (χ1n) is 4.61. The molecule has 15 heavy (non-hydrogen) atoms. The predicted molar refractivity (Wildman–Crippen MR) is 53.5 cm³/mol. The summed E-state index contributed by atoms with van der Waals surface area (Å²) in [6.07, 6.45) is 10.6. The van der Waals surface area contributed by atoms with E-state index in [0.717, 1.165) is 29.6 Å². The Morgan fingerprint density at radius 2 is 2.27 bits per heavy atom. The van der Waals surface area contributed by atoms with Crippen LogP contribution < -0.4 is 0 Å². The third-order valence-corrected chi connectivity index (χ3v) is 2.54. The molecule has 2 aliphatic carbocycles. The van der Waals surface area contributed by atoms with E-state index in [4.69, 9.17) is 5.11 Å². The minimum Gasteiger partial charge on any atom is -0.478 e. The van der Waals surface area contributed by atoms with Crippen LogP contribution in [0.5, 0.6) is 0 Å². The number of aliphatic carboxylic acids is 1. The number of hydrogen-bond acceptors (Lipinski definition) is 1. The molecule has 0 spiro atoms. The van der Waals surface area contributed by atoms with Gasteiger partial charge < -0.3 is 5.11 Å². The minimum absolute atomic E-state index is 0. The molecule has 0 aromatic rings. The van der Waals surface area contributed by atoms with Crippen molar-refractivity contribution in [3.63, 3.8) is 0 Å². The van der Waals surface area contributed by atoms with Crippen LogP contribution in [0.3, 0.4) is 0 Å². The predicted octanol–water partition coefficient (Wildman–Crippen LogP) is 2.40. The van der Waals surface area contributed by atoms with E-state index in [2.05, 4.69) is 6.08 Å². The molecular formula is C12H11FeO2-. The second kappa shape index (κ2) is 4.65. The molecule has 0 aliphatic heterocycles. The molecule has 1 N–H and O–H groups in total. The molecule has 2 rings (SSSR count). The number of allylic oxidation sites excluding steroid dienone is 6. The molecule has 0 heterocycles. The van der Waals surface area contributed by atoms with Crippen LogP contribution in [0, 0.1) is 6.08 Å². The summed E-state index contributed by atoms with van der Waals surface area (Å²) in [6.45, 7) is 1.84. The van der Waals surface area contributed by atoms with Crippen molar-refractivity contribution in [2.45, 2.75) is 19.8 Å². The van der Waals surface area contributed by atoms with E-state index in [1.165, 1.54) is 0 Å². The Bertz CT molecular complexity index is 411. The zero-order chi connectivity index (χ0) is 10.1. The van der Waals surface area contributed by atoms with Crippen LogP contribution in [0.15, 0.2) is 40.5 Å². The number of hydrogen-bond donors (Lipinski definition) is 1. The SMILES string of the molecule is CC1=CCC(C2=[C-]CC=C2)=C1C(=O)O.[Fe]. The van der Waals surface area contributed by atoms with Gasteiger partial charge in [-0.15, -0.1) is 11.6 Å². The van der Waals surface area contributed by atoms with Crippen molar-refractivity contribution in [1.82, 2.24) is 0 Å². The van der Waals surface area contributed by atoms with Gasteiger partial charge in [-0.25, -0.2) is 4.79 Å². The molecule has 0 saturated heterocycles. The van der Waals surface area contributed by atoms with Crippen LogP contribution in [0.1, 0.15) is 19.8 Å². The van der Waals surface area contributed by atoms with Crippen molar-refractivity contribution in [3.05, 3.63) is 46.6 Å². The average Bonchev–Trinajstić information content (AvgIpc) is 2.70. The van der Waals surface area contributed by atoms with Crippen LogP contribution in [0.2, 0.25) is 0 Å². The van der Waals surface area contributed by atoms with Gasteiger partial charge in [0.05, 0.1) is 0 Å². The third-order valence-electron chi connectivity index (χ3n) is 2.54. The van der Waals surface area contributed by atoms with Gasteiger partial charge in [-0.2, -0.15) is 17.7 Å². The first-order valence-corrected chi connectivity index (χ1v) is 4.61. The number of carbonyl (C=O) groups is 1. The van der Waals surface area contributed by atoms with Crippen molar-refractivity contribution < 1.29 is 27.0 Å². The van der Waals surface area contributed by atoms with Crippen molar-refractivity contribution >= 4 is 5.97 Å². The average molecular weight is 243 g/mol. The molecule has 0 saturated carbocycles. The van der Waals surface area contributed by atoms with Gasteiger partial charge in [-0.3, -0.25) is 0 Å². The molecule has 0 aromatic carbocycles. The van der Waals surface area contributed by atoms with Gasteiger partial charge >= 0.3 is 5.97 Å². The fraction of sp³-hybridized carbons (Fsp3) is 0.250. The third kappa shape index (κ3) is 2.14. The van der Waals surface area contributed by atoms with Gasteiger partial charge in [0, 0.05) is 22.6 Å². The quantitative estimate of drug-likeness (QED) is 0.597. The molecule has 0 atom stereocenters. The maximum absolute atomic E-state index is 11.0. The van der Waals surface area contributed by atoms with Crippen LogP contribution in [0.25, 0.3) is 0 Å². The van der Waals surface area contributed by atoms with Crippen molar-refractivity contribution in [1.29, 1.82) is 0 Å². The number of carboxylic acids is 1. The molecule has 0 aromatic heterocycles. The normalized spacial score (nSPS) is 18.7. The van der Waals surface area contributed by atoms with Gasteiger partial charge in [0.25, 0.3) is 0 Å². The van der Waals surface area contributed by atoms with Gasteiger partial charge in [0.1, 0.15) is 0 Å². The standard InChI is InChI=1S/C12H11O2.Fe/c1-8-6-7-10(11(8)12(13)14)9-4-2-3-5-9;/h2,4,6H,3,7H2,1H3,(H,13,14);/q-1;. The first kappa shape index (κ1) is 12.0. The van der Waals surface area contributed by atoms with Crippen LogP contribution in [-0.4, -0.2) is 11.1 Å². The maximum atomic E-state index is 11.0. The smallest absolute Gasteiger partial charge is 0.323 e. The minimum atomic E-state index is -0.833. The van der Waals surface area contributed by atoms with E-state index < -0.39 is 5.97 Å². The Hall–Kier alpha value is -1.05. The Kier molecular flexibility index (Phi) is 3.72. The Labute approximate surface area is 99.5 Å². The van der Waals surface area contributed by atoms with Crippen LogP contribution >= 0.6 is 0 Å². The summed E-state index contributed by atoms with van der Waals surface area (Å²) >= 11 is 0. The van der Waals surface area contributed by atoms with Crippen molar-refractivity contribution in [2.75, 3.05) is 0 Å². The summed E-state index contributed by atoms with van der Waals surface area (Å²) in [5.41, 5.74) is 3.18. The summed E-state index contributed by atoms with van der Waals surface area (Å²) in [4.78, 5) is 11.0. The number of rotatable bonds is 2. The maximum Gasteiger partial charge on any atom is 0.323 e. The molecule has 0 radical (unpaired) electrons. The van der Waals surface area contributed by atoms with E-state index >= 15 is 0 Å². The Morgan fingerprint density at radius 1 is 1.53 bits per heavy atom. The van der Waals surface area contributed by atoms with Gasteiger partial charge in [0.15, 0.2) is 0 Å². The molecule has 0 fully saturated rings. The van der Waals surface area contributed by atoms with Gasteiger partial charge in [-0.05, 0) is 6.92 Å². The summed E-state index contributed by atoms with van der Waals surface area (Å²) < 4.78 is 0. The molecule has 2 aliphatic rings. The second-order valence-corrected chi connectivity index (χ2v) is 3.45. The first-order chi connectivity index (χ1) is 6.70. The number of carboxylic acid groups (broad SMARTS) is 1. The summed E-state index contributed by atoms with van der Waals surface area (Å²) in [7, 11) is 0. The van der Waals surface area contributed by atoms with Gasteiger partial charge in [-0.1, -0.05) is 24.5 Å². The molecule has 80 valence electrons. The molecule has 0 unspecified atom stereocenters. The topological polar surface area (TPSA) is 37.3 Å². The molecule has 0 bridgehead atoms. The Morgan fingerprint density at radius 3 is 2.80 bits per heavy atom. The Balaban J connectivity index is 0.00000112. The molecule has 3 heteroatoms. The second-order valence-electron chi connectivity index (χ2n) is 3.45. The fourth-order valence-corrected chi connectivity index (χ4v) is 1.85. The van der Waals surface area contributed by atoms with Crippen molar-refractivity contribution in [2.24, 2.45) is 0 Å². The monoisotopic (exact) mass is 243 g/mol. The van der Waals surface area contributed by atoms with E-state index in [9.17, 15) is 4.79 Å². The van der Waals surface area contributed by atoms with Crippen molar-refractivity contribution in [3.8, 4) is 0 Å². The summed E-state index contributed by atoms with van der Waals surface area (Å²) in [6, 6.07) is 0. The molecule has 0 amide bonds. The molecular weight excluding hydrogens is 232 g/mol. The van der Waals surface area contributed by atoms with E-state index in [1.54, 1.807) is 0 Å². The van der Waals surface area contributed by atoms with Gasteiger partial charge in [0.2, 0.25) is 0 Å². The largest absolute Gasteiger partial charge is 0.478 e. The van der Waals surface area contributed by atoms with E-state index in [-0.39, 0.29) is 17.1 Å². The van der Waals surface area contributed by atoms with Crippen LogP contribution in [-0.2, 0) is 21.9 Å². The van der Waals surface area contributed by atoms with Crippen LogP contribution in [0.4, 0.5) is 0 Å². The zero-order valence-corrected chi connectivity index (χ0v) is 9.46. The summed E-state index contributed by atoms with van der Waals surface area (Å²) in [5, 5.41) is 9.05. The zero-order valence-electron chi connectivity index (χ0n) is 8.36. The fourth-order valence-electron chi connectivity index (χ4n) is 1.85. The molecule has 2 nitrogen and oxygen atoms in total. The van der Waals surface area contributed by atoms with E-state index in [0.29, 0.717) is 5.57 Å².